The number of fused-ring (bicyclic) bond motifs is 5. The first kappa shape index (κ1) is 35.3. The Balaban J connectivity index is 2.23. The second kappa shape index (κ2) is 11.9. The molecule has 2 saturated carbocycles. The lowest BCUT2D eigenvalue weighted by atomic mass is 9.44. The summed E-state index contributed by atoms with van der Waals surface area (Å²) in [5, 5.41) is 13.1. The van der Waals surface area contributed by atoms with E-state index in [1.165, 1.54) is 20.8 Å². The molecule has 3 aliphatic carbocycles. The van der Waals surface area contributed by atoms with Crippen LogP contribution in [0.4, 0.5) is 0 Å². The van der Waals surface area contributed by atoms with Crippen LogP contribution in [-0.4, -0.2) is 95.4 Å². The third kappa shape index (κ3) is 5.46. The van der Waals surface area contributed by atoms with E-state index < -0.39 is 100 Å². The van der Waals surface area contributed by atoms with Crippen molar-refractivity contribution in [2.24, 2.45) is 16.7 Å². The number of ether oxygens (including phenoxy) is 7. The van der Waals surface area contributed by atoms with Crippen LogP contribution in [0.3, 0.4) is 0 Å². The normalized spacial score (nSPS) is 39.1. The number of esters is 6. The molecule has 0 aromatic carbocycles. The zero-order valence-corrected chi connectivity index (χ0v) is 27.9. The fourth-order valence-corrected chi connectivity index (χ4v) is 8.58. The Morgan fingerprint density at radius 1 is 0.739 bits per heavy atom. The summed E-state index contributed by atoms with van der Waals surface area (Å²) in [6.07, 6.45) is -8.02. The van der Waals surface area contributed by atoms with Crippen molar-refractivity contribution < 1.29 is 67.0 Å². The topological polar surface area (TPSA) is 187 Å². The summed E-state index contributed by atoms with van der Waals surface area (Å²) < 4.78 is 41.6. The summed E-state index contributed by atoms with van der Waals surface area (Å²) in [6.45, 7) is 13.4. The highest BCUT2D eigenvalue weighted by atomic mass is 16.6. The first-order valence-electron chi connectivity index (χ1n) is 15.2. The molecule has 2 bridgehead atoms. The summed E-state index contributed by atoms with van der Waals surface area (Å²) in [7, 11) is 0. The first-order chi connectivity index (χ1) is 21.1. The number of hydrogen-bond donors (Lipinski definition) is 1. The van der Waals surface area contributed by atoms with Crippen LogP contribution in [0.25, 0.3) is 0 Å². The minimum atomic E-state index is -2.12. The maximum absolute atomic E-state index is 13.1. The smallest absolute Gasteiger partial charge is 0.303 e. The van der Waals surface area contributed by atoms with E-state index >= 15 is 0 Å². The Morgan fingerprint density at radius 2 is 1.26 bits per heavy atom. The van der Waals surface area contributed by atoms with Gasteiger partial charge in [0.2, 0.25) is 0 Å². The Labute approximate surface area is 267 Å². The van der Waals surface area contributed by atoms with Gasteiger partial charge < -0.3 is 38.3 Å². The highest BCUT2D eigenvalue weighted by molar-refractivity contribution is 5.70. The molecule has 14 heteroatoms. The van der Waals surface area contributed by atoms with Gasteiger partial charge in [0.05, 0.1) is 17.9 Å². The minimum Gasteiger partial charge on any atom is -0.462 e. The van der Waals surface area contributed by atoms with E-state index in [2.05, 4.69) is 0 Å². The summed E-state index contributed by atoms with van der Waals surface area (Å²) in [6, 6.07) is 0. The molecular formula is C32H44O14. The predicted molar refractivity (Wildman–Crippen MR) is 154 cm³/mol. The summed E-state index contributed by atoms with van der Waals surface area (Å²) >= 11 is 0. The third-order valence-electron chi connectivity index (χ3n) is 10.3. The molecule has 4 aliphatic rings. The SMILES string of the molecule is CC(=O)O[C@H]1C[C@@]2(O)[C@@H](OC(C)=O)C3[C@@](C)([C@@H](OC(C)=O)C[C@H]4OC[C@@]34OC(C)=O)[C@@H](OC(C)=O)[C@H](OC(C)=O)C(=C1C)C2(C)C. The molecule has 10 atom stereocenters. The molecule has 1 heterocycles. The second-order valence-corrected chi connectivity index (χ2v) is 13.6. The summed E-state index contributed by atoms with van der Waals surface area (Å²) in [4.78, 5) is 76.5. The van der Waals surface area contributed by atoms with Crippen LogP contribution in [0, 0.1) is 16.7 Å². The maximum atomic E-state index is 13.1. The van der Waals surface area contributed by atoms with Crippen molar-refractivity contribution in [3.63, 3.8) is 0 Å². The summed E-state index contributed by atoms with van der Waals surface area (Å²) in [5.41, 5.74) is -6.19. The Kier molecular flexibility index (Phi) is 9.16. The lowest BCUT2D eigenvalue weighted by molar-refractivity contribution is -0.366. The molecule has 1 saturated heterocycles. The van der Waals surface area contributed by atoms with Crippen molar-refractivity contribution in [1.82, 2.24) is 0 Å². The zero-order chi connectivity index (χ0) is 34.7. The molecule has 0 spiro atoms. The fraction of sp³-hybridized carbons (Fsp3) is 0.750. The number of rotatable bonds is 6. The molecule has 4 rings (SSSR count). The molecule has 256 valence electrons. The minimum absolute atomic E-state index is 0.0485. The van der Waals surface area contributed by atoms with Crippen LogP contribution in [0.5, 0.6) is 0 Å². The highest BCUT2D eigenvalue weighted by Crippen LogP contribution is 2.66. The van der Waals surface area contributed by atoms with Crippen molar-refractivity contribution in [1.29, 1.82) is 0 Å². The lowest BCUT2D eigenvalue weighted by Crippen LogP contribution is -2.82. The molecule has 1 unspecified atom stereocenters. The van der Waals surface area contributed by atoms with E-state index in [0.717, 1.165) is 20.8 Å². The van der Waals surface area contributed by atoms with Crippen LogP contribution >= 0.6 is 0 Å². The van der Waals surface area contributed by atoms with E-state index in [1.807, 2.05) is 0 Å². The van der Waals surface area contributed by atoms with Gasteiger partial charge in [-0.05, 0) is 18.1 Å². The van der Waals surface area contributed by atoms with Gasteiger partial charge in [-0.3, -0.25) is 28.8 Å². The molecule has 0 aromatic heterocycles. The molecule has 46 heavy (non-hydrogen) atoms. The number of carbonyl (C=O) groups is 6. The quantitative estimate of drug-likeness (QED) is 0.249. The predicted octanol–water partition coefficient (Wildman–Crippen LogP) is 1.86. The van der Waals surface area contributed by atoms with Crippen LogP contribution in [0.1, 0.15) is 82.1 Å². The van der Waals surface area contributed by atoms with Crippen molar-refractivity contribution in [2.45, 2.75) is 130 Å². The van der Waals surface area contributed by atoms with Gasteiger partial charge in [-0.15, -0.1) is 0 Å². The van der Waals surface area contributed by atoms with Gasteiger partial charge in [-0.2, -0.15) is 0 Å². The largest absolute Gasteiger partial charge is 0.462 e. The molecule has 0 radical (unpaired) electrons. The van der Waals surface area contributed by atoms with E-state index in [-0.39, 0.29) is 25.0 Å². The average molecular weight is 653 g/mol. The van der Waals surface area contributed by atoms with E-state index in [9.17, 15) is 33.9 Å². The standard InChI is InChI=1S/C32H44O14/c1-14-21(41-15(2)33)12-32(39)28(45-19(6)37)26-30(10,22(42-16(3)34)11-23-31(26,13-40-23)46-20(7)38)27(44-18(5)36)25(43-17(4)35)24(14)29(32,8)9/h21-23,25-28,39H,11-13H2,1-10H3/t21-,22-,23+,25+,26?,27-,28-,30+,31-,32+/m0/s1. The second-order valence-electron chi connectivity index (χ2n) is 13.6. The van der Waals surface area contributed by atoms with Crippen molar-refractivity contribution in [3.05, 3.63) is 11.1 Å². The number of aliphatic hydroxyl groups is 1. The molecule has 1 N–H and O–H groups in total. The molecule has 14 nitrogen and oxygen atoms in total. The van der Waals surface area contributed by atoms with Gasteiger partial charge in [0.25, 0.3) is 0 Å². The molecule has 0 aromatic rings. The van der Waals surface area contributed by atoms with Crippen molar-refractivity contribution in [2.75, 3.05) is 6.61 Å². The van der Waals surface area contributed by atoms with Gasteiger partial charge >= 0.3 is 35.8 Å². The van der Waals surface area contributed by atoms with Crippen LogP contribution in [0.2, 0.25) is 0 Å². The highest BCUT2D eigenvalue weighted by Gasteiger charge is 2.79. The average Bonchev–Trinajstić information content (AvgIpc) is 2.87. The van der Waals surface area contributed by atoms with Crippen molar-refractivity contribution in [3.8, 4) is 0 Å². The monoisotopic (exact) mass is 652 g/mol. The number of hydrogen-bond acceptors (Lipinski definition) is 14. The first-order valence-corrected chi connectivity index (χ1v) is 15.2. The van der Waals surface area contributed by atoms with Crippen LogP contribution < -0.4 is 0 Å². The van der Waals surface area contributed by atoms with Gasteiger partial charge in [0, 0.05) is 59.8 Å². The molecular weight excluding hydrogens is 608 g/mol. The molecule has 1 aliphatic heterocycles. The van der Waals surface area contributed by atoms with E-state index in [4.69, 9.17) is 33.2 Å². The lowest BCUT2D eigenvalue weighted by Gasteiger charge is -2.69. The van der Waals surface area contributed by atoms with Gasteiger partial charge in [0.1, 0.15) is 30.0 Å². The molecule has 0 amide bonds. The fourth-order valence-electron chi connectivity index (χ4n) is 8.58. The Hall–Kier alpha value is -3.52. The van der Waals surface area contributed by atoms with E-state index in [0.29, 0.717) is 5.57 Å². The number of carbonyl (C=O) groups excluding carboxylic acids is 6. The Bertz CT molecular complexity index is 1370. The zero-order valence-electron chi connectivity index (χ0n) is 27.9. The van der Waals surface area contributed by atoms with Gasteiger partial charge in [-0.25, -0.2) is 0 Å². The van der Waals surface area contributed by atoms with Crippen molar-refractivity contribution >= 4 is 35.8 Å². The van der Waals surface area contributed by atoms with Gasteiger partial charge in [0.15, 0.2) is 17.8 Å². The third-order valence-corrected chi connectivity index (χ3v) is 10.3. The maximum Gasteiger partial charge on any atom is 0.303 e. The van der Waals surface area contributed by atoms with Gasteiger partial charge in [-0.1, -0.05) is 20.8 Å². The Morgan fingerprint density at radius 3 is 1.72 bits per heavy atom. The van der Waals surface area contributed by atoms with Crippen LogP contribution in [-0.2, 0) is 61.9 Å². The summed E-state index contributed by atoms with van der Waals surface area (Å²) in [5.74, 6) is -5.77. The van der Waals surface area contributed by atoms with Crippen LogP contribution in [0.15, 0.2) is 11.1 Å². The van der Waals surface area contributed by atoms with E-state index in [1.54, 1.807) is 27.7 Å². The molecule has 3 fully saturated rings.